The van der Waals surface area contributed by atoms with Gasteiger partial charge in [-0.05, 0) is 43.7 Å². The van der Waals surface area contributed by atoms with Gasteiger partial charge in [-0.1, -0.05) is 12.1 Å². The highest BCUT2D eigenvalue weighted by Crippen LogP contribution is 2.25. The minimum Gasteiger partial charge on any atom is -0.381 e. The zero-order valence-corrected chi connectivity index (χ0v) is 11.2. The molecule has 0 spiro atoms. The number of nitrogens with zero attached hydrogens (tertiary/aromatic N) is 1. The molecule has 0 aliphatic carbocycles. The summed E-state index contributed by atoms with van der Waals surface area (Å²) in [4.78, 5) is 0. The fraction of sp³-hybridized carbons (Fsp3) is 0.500. The zero-order valence-electron chi connectivity index (χ0n) is 10.4. The Bertz CT molecular complexity index is 411. The van der Waals surface area contributed by atoms with Crippen LogP contribution in [0, 0.1) is 11.3 Å². The molecule has 90 valence electrons. The van der Waals surface area contributed by atoms with Crippen molar-refractivity contribution in [3.8, 4) is 6.07 Å². The number of rotatable bonds is 3. The van der Waals surface area contributed by atoms with Crippen LogP contribution in [0.2, 0.25) is 0 Å². The highest BCUT2D eigenvalue weighted by molar-refractivity contribution is 7.99. The Morgan fingerprint density at radius 3 is 2.59 bits per heavy atom. The second-order valence-electron chi connectivity index (χ2n) is 5.02. The quantitative estimate of drug-likeness (QED) is 0.888. The Kier molecular flexibility index (Phi) is 3.63. The van der Waals surface area contributed by atoms with Gasteiger partial charge >= 0.3 is 0 Å². The summed E-state index contributed by atoms with van der Waals surface area (Å²) in [5.41, 5.74) is 1.84. The van der Waals surface area contributed by atoms with Crippen molar-refractivity contribution in [3.05, 3.63) is 29.8 Å². The Balaban J connectivity index is 2.05. The minimum atomic E-state index is -0.401. The van der Waals surface area contributed by atoms with Crippen LogP contribution < -0.4 is 5.32 Å². The lowest BCUT2D eigenvalue weighted by molar-refractivity contribution is 0.687. The fourth-order valence-corrected chi connectivity index (χ4v) is 3.08. The SMILES string of the molecule is CC(C)(C#N)c1ccc(NC2CCSC2)cc1. The van der Waals surface area contributed by atoms with Gasteiger partial charge in [0.2, 0.25) is 0 Å². The molecular weight excluding hydrogens is 228 g/mol. The Morgan fingerprint density at radius 1 is 1.35 bits per heavy atom. The molecule has 1 atom stereocenters. The molecule has 0 bridgehead atoms. The maximum atomic E-state index is 9.08. The van der Waals surface area contributed by atoms with Crippen LogP contribution in [0.1, 0.15) is 25.8 Å². The molecule has 1 aromatic rings. The van der Waals surface area contributed by atoms with E-state index in [1.165, 1.54) is 17.9 Å². The topological polar surface area (TPSA) is 35.8 Å². The van der Waals surface area contributed by atoms with E-state index < -0.39 is 5.41 Å². The number of hydrogen-bond donors (Lipinski definition) is 1. The van der Waals surface area contributed by atoms with Gasteiger partial charge in [-0.2, -0.15) is 17.0 Å². The largest absolute Gasteiger partial charge is 0.381 e. The average molecular weight is 246 g/mol. The number of nitrogens with one attached hydrogen (secondary N) is 1. The first-order valence-corrected chi connectivity index (χ1v) is 7.13. The molecular formula is C14H18N2S. The van der Waals surface area contributed by atoms with Crippen LogP contribution in [0.25, 0.3) is 0 Å². The molecule has 0 amide bonds. The van der Waals surface area contributed by atoms with E-state index in [4.69, 9.17) is 5.26 Å². The van der Waals surface area contributed by atoms with Gasteiger partial charge in [-0.3, -0.25) is 0 Å². The van der Waals surface area contributed by atoms with E-state index in [9.17, 15) is 0 Å². The van der Waals surface area contributed by atoms with Gasteiger partial charge in [0.15, 0.2) is 0 Å². The third-order valence-electron chi connectivity index (χ3n) is 3.19. The molecule has 1 aliphatic rings. The highest BCUT2D eigenvalue weighted by atomic mass is 32.2. The number of nitriles is 1. The molecule has 0 aromatic heterocycles. The van der Waals surface area contributed by atoms with Crippen molar-refractivity contribution in [1.82, 2.24) is 0 Å². The number of anilines is 1. The summed E-state index contributed by atoms with van der Waals surface area (Å²) < 4.78 is 0. The van der Waals surface area contributed by atoms with Crippen LogP contribution in [0.3, 0.4) is 0 Å². The van der Waals surface area contributed by atoms with E-state index in [0.717, 1.165) is 11.3 Å². The first kappa shape index (κ1) is 12.3. The van der Waals surface area contributed by atoms with Crippen LogP contribution in [0.4, 0.5) is 5.69 Å². The number of benzene rings is 1. The third-order valence-corrected chi connectivity index (χ3v) is 4.35. The van der Waals surface area contributed by atoms with Gasteiger partial charge in [0.1, 0.15) is 0 Å². The molecule has 3 heteroatoms. The zero-order chi connectivity index (χ0) is 12.3. The third kappa shape index (κ3) is 2.95. The van der Waals surface area contributed by atoms with Crippen LogP contribution in [0.5, 0.6) is 0 Å². The predicted octanol–water partition coefficient (Wildman–Crippen LogP) is 3.41. The van der Waals surface area contributed by atoms with Crippen LogP contribution in [-0.2, 0) is 5.41 Å². The van der Waals surface area contributed by atoms with Crippen molar-refractivity contribution >= 4 is 17.4 Å². The Morgan fingerprint density at radius 2 is 2.06 bits per heavy atom. The normalized spacial score (nSPS) is 19.9. The smallest absolute Gasteiger partial charge is 0.0766 e. The fourth-order valence-electron chi connectivity index (χ4n) is 1.93. The summed E-state index contributed by atoms with van der Waals surface area (Å²) in [6.45, 7) is 3.89. The molecule has 0 saturated carbocycles. The summed E-state index contributed by atoms with van der Waals surface area (Å²) in [5, 5.41) is 12.6. The molecule has 1 aliphatic heterocycles. The van der Waals surface area contributed by atoms with E-state index >= 15 is 0 Å². The molecule has 2 nitrogen and oxygen atoms in total. The Labute approximate surface area is 107 Å². The summed E-state index contributed by atoms with van der Waals surface area (Å²) in [6, 6.07) is 11.2. The van der Waals surface area contributed by atoms with E-state index in [1.54, 1.807) is 0 Å². The first-order valence-electron chi connectivity index (χ1n) is 5.98. The molecule has 1 heterocycles. The molecule has 1 fully saturated rings. The molecule has 1 aromatic carbocycles. The van der Waals surface area contributed by atoms with Crippen LogP contribution in [0.15, 0.2) is 24.3 Å². The maximum Gasteiger partial charge on any atom is 0.0766 e. The second kappa shape index (κ2) is 5.01. The second-order valence-corrected chi connectivity index (χ2v) is 6.17. The van der Waals surface area contributed by atoms with Crippen LogP contribution in [-0.4, -0.2) is 17.5 Å². The van der Waals surface area contributed by atoms with Crippen molar-refractivity contribution in [2.45, 2.75) is 31.7 Å². The molecule has 2 rings (SSSR count). The van der Waals surface area contributed by atoms with Gasteiger partial charge in [0.05, 0.1) is 11.5 Å². The monoisotopic (exact) mass is 246 g/mol. The molecule has 1 N–H and O–H groups in total. The number of hydrogen-bond acceptors (Lipinski definition) is 3. The minimum absolute atomic E-state index is 0.401. The van der Waals surface area contributed by atoms with E-state index in [1.807, 2.05) is 37.7 Å². The summed E-state index contributed by atoms with van der Waals surface area (Å²) >= 11 is 2.01. The van der Waals surface area contributed by atoms with Crippen LogP contribution >= 0.6 is 11.8 Å². The van der Waals surface area contributed by atoms with E-state index in [0.29, 0.717) is 6.04 Å². The van der Waals surface area contributed by atoms with Gasteiger partial charge in [-0.15, -0.1) is 0 Å². The van der Waals surface area contributed by atoms with Crippen molar-refractivity contribution in [1.29, 1.82) is 5.26 Å². The molecule has 0 radical (unpaired) electrons. The molecule has 1 unspecified atom stereocenters. The predicted molar refractivity (Wildman–Crippen MR) is 74.4 cm³/mol. The van der Waals surface area contributed by atoms with Crippen molar-refractivity contribution in [3.63, 3.8) is 0 Å². The van der Waals surface area contributed by atoms with Crippen molar-refractivity contribution in [2.75, 3.05) is 16.8 Å². The molecule has 17 heavy (non-hydrogen) atoms. The average Bonchev–Trinajstić information content (AvgIpc) is 2.83. The van der Waals surface area contributed by atoms with E-state index in [-0.39, 0.29) is 0 Å². The van der Waals surface area contributed by atoms with Crippen molar-refractivity contribution in [2.24, 2.45) is 0 Å². The Hall–Kier alpha value is -1.14. The van der Waals surface area contributed by atoms with Crippen molar-refractivity contribution < 1.29 is 0 Å². The number of thioether (sulfide) groups is 1. The highest BCUT2D eigenvalue weighted by Gasteiger charge is 2.19. The van der Waals surface area contributed by atoms with E-state index in [2.05, 4.69) is 23.5 Å². The van der Waals surface area contributed by atoms with Gasteiger partial charge < -0.3 is 5.32 Å². The lowest BCUT2D eigenvalue weighted by atomic mass is 9.86. The summed E-state index contributed by atoms with van der Waals surface area (Å²) in [5.74, 6) is 2.46. The lowest BCUT2D eigenvalue weighted by Crippen LogP contribution is -2.18. The van der Waals surface area contributed by atoms with Gasteiger partial charge in [-0.25, -0.2) is 0 Å². The lowest BCUT2D eigenvalue weighted by Gasteiger charge is -2.17. The van der Waals surface area contributed by atoms with Gasteiger partial charge in [0, 0.05) is 17.5 Å². The molecule has 1 saturated heterocycles. The summed E-state index contributed by atoms with van der Waals surface area (Å²) in [6.07, 6.45) is 1.25. The first-order chi connectivity index (χ1) is 8.12. The maximum absolute atomic E-state index is 9.08. The standard InChI is InChI=1S/C14H18N2S/c1-14(2,10-15)11-3-5-12(6-4-11)16-13-7-8-17-9-13/h3-6,13,16H,7-9H2,1-2H3. The van der Waals surface area contributed by atoms with Gasteiger partial charge in [0.25, 0.3) is 0 Å². The summed E-state index contributed by atoms with van der Waals surface area (Å²) in [7, 11) is 0.